The van der Waals surface area contributed by atoms with Crippen molar-refractivity contribution in [3.8, 4) is 0 Å². The zero-order valence-corrected chi connectivity index (χ0v) is 14.1. The zero-order valence-electron chi connectivity index (χ0n) is 13.4. The van der Waals surface area contributed by atoms with E-state index in [1.165, 1.54) is 50.6 Å². The molecule has 2 atom stereocenters. The van der Waals surface area contributed by atoms with E-state index in [0.717, 1.165) is 22.9 Å². The van der Waals surface area contributed by atoms with Gasteiger partial charge in [-0.1, -0.05) is 37.6 Å². The number of nitrogens with one attached hydrogen (secondary N) is 1. The molecule has 0 heterocycles. The molecule has 2 heteroatoms. The van der Waals surface area contributed by atoms with E-state index in [4.69, 9.17) is 11.6 Å². The molecule has 116 valence electrons. The van der Waals surface area contributed by atoms with Crippen molar-refractivity contribution in [2.45, 2.75) is 58.4 Å². The van der Waals surface area contributed by atoms with E-state index in [0.29, 0.717) is 5.41 Å². The molecule has 1 nitrogen and oxygen atoms in total. The van der Waals surface area contributed by atoms with Crippen molar-refractivity contribution >= 4 is 11.6 Å². The van der Waals surface area contributed by atoms with E-state index in [1.54, 1.807) is 0 Å². The van der Waals surface area contributed by atoms with Gasteiger partial charge >= 0.3 is 0 Å². The maximum Gasteiger partial charge on any atom is 0.0408 e. The highest BCUT2D eigenvalue weighted by Gasteiger charge is 2.35. The number of hydrogen-bond donors (Lipinski definition) is 1. The highest BCUT2D eigenvalue weighted by Crippen LogP contribution is 2.43. The minimum absolute atomic E-state index is 0.499. The summed E-state index contributed by atoms with van der Waals surface area (Å²) < 4.78 is 0. The summed E-state index contributed by atoms with van der Waals surface area (Å²) in [5, 5.41) is 4.63. The average molecular weight is 306 g/mol. The summed E-state index contributed by atoms with van der Waals surface area (Å²) in [5.74, 6) is 1.62. The molecule has 21 heavy (non-hydrogen) atoms. The third kappa shape index (κ3) is 4.47. The average Bonchev–Trinajstić information content (AvgIpc) is 3.21. The maximum absolute atomic E-state index is 6.15. The second-order valence-corrected chi connectivity index (χ2v) is 8.38. The van der Waals surface area contributed by atoms with Gasteiger partial charge in [0, 0.05) is 11.1 Å². The predicted octanol–water partition coefficient (Wildman–Crippen LogP) is 5.08. The third-order valence-electron chi connectivity index (χ3n) is 5.31. The molecule has 2 saturated carbocycles. The molecule has 1 N–H and O–H groups in total. The Morgan fingerprint density at radius 1 is 1.19 bits per heavy atom. The molecule has 0 spiro atoms. The van der Waals surface area contributed by atoms with Gasteiger partial charge in [-0.15, -0.1) is 0 Å². The Hall–Kier alpha value is -0.530. The molecule has 2 fully saturated rings. The second kappa shape index (κ2) is 6.30. The molecule has 2 unspecified atom stereocenters. The highest BCUT2D eigenvalue weighted by atomic mass is 35.5. The molecule has 0 bridgehead atoms. The number of hydrogen-bond acceptors (Lipinski definition) is 1. The molecule has 1 aromatic carbocycles. The van der Waals surface area contributed by atoms with E-state index in [2.05, 4.69) is 37.4 Å². The molecule has 0 saturated heterocycles. The fourth-order valence-corrected chi connectivity index (χ4v) is 4.08. The van der Waals surface area contributed by atoms with Gasteiger partial charge in [-0.2, -0.15) is 0 Å². The summed E-state index contributed by atoms with van der Waals surface area (Å²) in [5.41, 5.74) is 1.90. The van der Waals surface area contributed by atoms with Gasteiger partial charge in [-0.25, -0.2) is 0 Å². The van der Waals surface area contributed by atoms with Crippen LogP contribution in [0.4, 0.5) is 0 Å². The van der Waals surface area contributed by atoms with Crippen LogP contribution in [0.15, 0.2) is 24.3 Å². The largest absolute Gasteiger partial charge is 0.314 e. The first-order valence-electron chi connectivity index (χ1n) is 8.50. The van der Waals surface area contributed by atoms with Gasteiger partial charge in [-0.05, 0) is 80.0 Å². The molecule has 0 radical (unpaired) electrons. The Bertz CT molecular complexity index is 476. The first kappa shape index (κ1) is 15.4. The van der Waals surface area contributed by atoms with E-state index >= 15 is 0 Å². The predicted molar refractivity (Wildman–Crippen MR) is 90.8 cm³/mol. The molecule has 0 aliphatic heterocycles. The Labute approximate surface area is 134 Å². The lowest BCUT2D eigenvalue weighted by Gasteiger charge is -2.41. The molecular weight excluding hydrogens is 278 g/mol. The molecular formula is C19H28ClN. The van der Waals surface area contributed by atoms with Gasteiger partial charge in [0.05, 0.1) is 0 Å². The van der Waals surface area contributed by atoms with Crippen LogP contribution >= 0.6 is 11.6 Å². The van der Waals surface area contributed by atoms with E-state index in [9.17, 15) is 0 Å². The van der Waals surface area contributed by atoms with Crippen LogP contribution in [0.3, 0.4) is 0 Å². The van der Waals surface area contributed by atoms with Crippen molar-refractivity contribution in [1.29, 1.82) is 0 Å². The Morgan fingerprint density at radius 3 is 2.71 bits per heavy atom. The first-order chi connectivity index (χ1) is 10.0. The summed E-state index contributed by atoms with van der Waals surface area (Å²) in [6, 6.07) is 9.27. The lowest BCUT2D eigenvalue weighted by molar-refractivity contribution is 0.115. The minimum Gasteiger partial charge on any atom is -0.314 e. The number of halogens is 1. The maximum atomic E-state index is 6.15. The lowest BCUT2D eigenvalue weighted by Crippen LogP contribution is -2.37. The first-order valence-corrected chi connectivity index (χ1v) is 8.87. The molecule has 2 aliphatic carbocycles. The van der Waals surface area contributed by atoms with Gasteiger partial charge in [-0.3, -0.25) is 0 Å². The standard InChI is InChI=1S/C19H28ClN/c1-19(2)9-8-15(13-21-18-6-7-18)16(12-19)10-14-4-3-5-17(20)11-14/h3-5,11,15-16,18,21H,6-10,12-13H2,1-2H3. The van der Waals surface area contributed by atoms with E-state index in [-0.39, 0.29) is 0 Å². The van der Waals surface area contributed by atoms with Crippen LogP contribution < -0.4 is 5.32 Å². The lowest BCUT2D eigenvalue weighted by atomic mass is 9.65. The van der Waals surface area contributed by atoms with Crippen molar-refractivity contribution < 1.29 is 0 Å². The fourth-order valence-electron chi connectivity index (χ4n) is 3.87. The van der Waals surface area contributed by atoms with Gasteiger partial charge in [0.15, 0.2) is 0 Å². The summed E-state index contributed by atoms with van der Waals surface area (Å²) in [6.45, 7) is 6.08. The van der Waals surface area contributed by atoms with Crippen molar-refractivity contribution in [3.05, 3.63) is 34.9 Å². The summed E-state index contributed by atoms with van der Waals surface area (Å²) in [4.78, 5) is 0. The van der Waals surface area contributed by atoms with Crippen LogP contribution in [0.25, 0.3) is 0 Å². The van der Waals surface area contributed by atoms with E-state index in [1.807, 2.05) is 6.07 Å². The molecule has 3 rings (SSSR count). The minimum atomic E-state index is 0.499. The van der Waals surface area contributed by atoms with Crippen LogP contribution in [0, 0.1) is 17.3 Å². The van der Waals surface area contributed by atoms with Crippen LogP contribution in [0.5, 0.6) is 0 Å². The summed E-state index contributed by atoms with van der Waals surface area (Å²) in [7, 11) is 0. The summed E-state index contributed by atoms with van der Waals surface area (Å²) >= 11 is 6.15. The van der Waals surface area contributed by atoms with Gasteiger partial charge in [0.25, 0.3) is 0 Å². The van der Waals surface area contributed by atoms with Crippen molar-refractivity contribution in [2.24, 2.45) is 17.3 Å². The fraction of sp³-hybridized carbons (Fsp3) is 0.684. The van der Waals surface area contributed by atoms with Crippen LogP contribution in [0.1, 0.15) is 51.5 Å². The molecule has 2 aliphatic rings. The van der Waals surface area contributed by atoms with Gasteiger partial charge in [0.1, 0.15) is 0 Å². The van der Waals surface area contributed by atoms with Gasteiger partial charge < -0.3 is 5.32 Å². The number of benzene rings is 1. The monoisotopic (exact) mass is 305 g/mol. The normalized spacial score (nSPS) is 28.5. The van der Waals surface area contributed by atoms with Crippen molar-refractivity contribution in [1.82, 2.24) is 5.32 Å². The summed E-state index contributed by atoms with van der Waals surface area (Å²) in [6.07, 6.45) is 8.04. The van der Waals surface area contributed by atoms with Crippen LogP contribution in [-0.4, -0.2) is 12.6 Å². The zero-order chi connectivity index (χ0) is 14.9. The Balaban J connectivity index is 1.66. The molecule has 0 aromatic heterocycles. The number of rotatable bonds is 5. The van der Waals surface area contributed by atoms with Crippen LogP contribution in [0.2, 0.25) is 5.02 Å². The van der Waals surface area contributed by atoms with Crippen molar-refractivity contribution in [2.75, 3.05) is 6.54 Å². The Kier molecular flexibility index (Phi) is 4.61. The SMILES string of the molecule is CC1(C)CCC(CNC2CC2)C(Cc2cccc(Cl)c2)C1. The molecule has 0 amide bonds. The quantitative estimate of drug-likeness (QED) is 0.800. The third-order valence-corrected chi connectivity index (χ3v) is 5.54. The topological polar surface area (TPSA) is 12.0 Å². The second-order valence-electron chi connectivity index (χ2n) is 7.94. The van der Waals surface area contributed by atoms with E-state index < -0.39 is 0 Å². The highest BCUT2D eigenvalue weighted by molar-refractivity contribution is 6.30. The Morgan fingerprint density at radius 2 is 2.00 bits per heavy atom. The van der Waals surface area contributed by atoms with Crippen LogP contribution in [-0.2, 0) is 6.42 Å². The smallest absolute Gasteiger partial charge is 0.0408 e. The molecule has 1 aromatic rings. The van der Waals surface area contributed by atoms with Gasteiger partial charge in [0.2, 0.25) is 0 Å². The van der Waals surface area contributed by atoms with Crippen molar-refractivity contribution in [3.63, 3.8) is 0 Å².